The number of carboxylic acid groups (broad SMARTS) is 1. The first-order valence-electron chi connectivity index (χ1n) is 19.9. The number of rotatable bonds is 9. The molecule has 5 saturated heterocycles. The van der Waals surface area contributed by atoms with E-state index in [2.05, 4.69) is 48.9 Å². The van der Waals surface area contributed by atoms with E-state index >= 15 is 0 Å². The van der Waals surface area contributed by atoms with Gasteiger partial charge in [-0.2, -0.15) is 66.9 Å². The molecule has 6 rings (SSSR count). The van der Waals surface area contributed by atoms with Crippen LogP contribution in [0.1, 0.15) is 90.7 Å². The van der Waals surface area contributed by atoms with Crippen molar-refractivity contribution in [3.8, 4) is 6.07 Å². The van der Waals surface area contributed by atoms with Gasteiger partial charge in [0.15, 0.2) is 0 Å². The minimum atomic E-state index is -4.80. The van der Waals surface area contributed by atoms with E-state index in [1.807, 2.05) is 23.5 Å². The number of carbonyl (C=O) groups excluding carboxylic acids is 3. The molecule has 0 saturated carbocycles. The first-order chi connectivity index (χ1) is 29.5. The molecule has 3 atom stereocenters. The maximum absolute atomic E-state index is 12.2. The molecule has 0 amide bonds. The molecule has 0 spiro atoms. The van der Waals surface area contributed by atoms with Crippen molar-refractivity contribution in [3.63, 3.8) is 0 Å². The van der Waals surface area contributed by atoms with Crippen molar-refractivity contribution in [1.82, 2.24) is 21.4 Å². The standard InChI is InChI=1S/C10H10F3NS.C10H17NS.C6H7F3O2.C6H10OS.C4H9N.C2H3N.C2H4O2.CH2O3.2K.H3N.H/c11-10(12,13)9-2-1-7(5-14-9)8-3-4-15-6-8;1-2-6-11(5-1)7-3-10-4-8-12-9-10;1-2-11-4-3-5(10)6(7,8)9;7-3-1-6-2-4-8-5-6;1-2-4-5-3-1;1-2-3;1-2(3)4;2-1-4-3;;;;/h1-2,5,8H,3-4,6H2;3,7,10H,1-2,4-6,8-9H2;3-4H,2H2,1H3;3,6H,1-2,4-5H2;5H,1-4H2;1H3;1H3,(H,3,4);1,3H;;;1H3;/q;;;;;;;;2*+1;;-1/p-1/b;7-3+;4-3+;;;;;;;;;. The molecule has 5 aliphatic heterocycles. The Hall–Kier alpha value is -0.217. The van der Waals surface area contributed by atoms with Crippen LogP contribution in [0.15, 0.2) is 42.9 Å². The van der Waals surface area contributed by atoms with Crippen LogP contribution < -0.4 is 119 Å². The Morgan fingerprint density at radius 2 is 1.52 bits per heavy atom. The van der Waals surface area contributed by atoms with Crippen LogP contribution in [0.5, 0.6) is 0 Å². The summed E-state index contributed by atoms with van der Waals surface area (Å²) < 4.78 is 75.3. The zero-order valence-corrected chi connectivity index (χ0v) is 46.9. The number of hydrogen-bond acceptors (Lipinski definition) is 15. The van der Waals surface area contributed by atoms with E-state index in [4.69, 9.17) is 25.2 Å². The summed E-state index contributed by atoms with van der Waals surface area (Å²) >= 11 is 5.89. The quantitative estimate of drug-likeness (QED) is 0.0616. The average Bonchev–Trinajstić information content (AvgIpc) is 4.08. The fourth-order valence-electron chi connectivity index (χ4n) is 5.28. The molecule has 65 heavy (non-hydrogen) atoms. The van der Waals surface area contributed by atoms with Gasteiger partial charge in [0.05, 0.1) is 18.9 Å². The van der Waals surface area contributed by atoms with Gasteiger partial charge in [0.1, 0.15) is 12.0 Å². The van der Waals surface area contributed by atoms with Crippen molar-refractivity contribution >= 4 is 59.8 Å². The van der Waals surface area contributed by atoms with Crippen molar-refractivity contribution < 1.29 is 170 Å². The molecule has 364 valence electrons. The van der Waals surface area contributed by atoms with Crippen LogP contribution in [0, 0.1) is 23.2 Å². The average molecular weight is 1040 g/mol. The van der Waals surface area contributed by atoms with Crippen molar-refractivity contribution in [3.05, 3.63) is 54.2 Å². The van der Waals surface area contributed by atoms with E-state index in [-0.39, 0.29) is 123 Å². The van der Waals surface area contributed by atoms with Crippen LogP contribution in [0.2, 0.25) is 0 Å². The van der Waals surface area contributed by atoms with E-state index in [1.54, 1.807) is 19.1 Å². The Kier molecular flexibility index (Phi) is 55.4. The summed E-state index contributed by atoms with van der Waals surface area (Å²) in [5.74, 6) is 6.49. The van der Waals surface area contributed by atoms with Crippen molar-refractivity contribution in [2.24, 2.45) is 11.8 Å². The summed E-state index contributed by atoms with van der Waals surface area (Å²) in [6.07, 6.45) is 9.15. The van der Waals surface area contributed by atoms with E-state index < -0.39 is 29.8 Å². The Balaban J connectivity index is -0.000000163. The zero-order chi connectivity index (χ0) is 47.1. The predicted octanol–water partition coefficient (Wildman–Crippen LogP) is 2.37. The van der Waals surface area contributed by atoms with Crippen LogP contribution in [-0.2, 0) is 35.0 Å². The van der Waals surface area contributed by atoms with Gasteiger partial charge in [-0.15, -0.1) is 0 Å². The number of nitrogens with one attached hydrogen (secondary N) is 1. The predicted molar refractivity (Wildman–Crippen MR) is 237 cm³/mol. The second-order valence-corrected chi connectivity index (χ2v) is 16.8. The maximum atomic E-state index is 12.2. The topological polar surface area (TPSA) is 217 Å². The summed E-state index contributed by atoms with van der Waals surface area (Å²) in [6, 6.07) is 4.37. The normalized spacial score (nSPS) is 18.9. The van der Waals surface area contributed by atoms with E-state index in [9.17, 15) is 35.9 Å². The van der Waals surface area contributed by atoms with Gasteiger partial charge in [-0.05, 0) is 129 Å². The van der Waals surface area contributed by atoms with Gasteiger partial charge in [-0.3, -0.25) is 19.4 Å². The first-order valence-corrected chi connectivity index (χ1v) is 23.4. The fraction of sp³-hybridized carbons (Fsp3) is 0.659. The number of ether oxygens (including phenoxy) is 1. The van der Waals surface area contributed by atoms with Gasteiger partial charge < -0.3 is 42.6 Å². The summed E-state index contributed by atoms with van der Waals surface area (Å²) in [5, 5.41) is 26.4. The number of carbonyl (C=O) groups is 4. The van der Waals surface area contributed by atoms with Crippen LogP contribution in [-0.4, -0.2) is 113 Å². The number of aliphatic carboxylic acids is 1. The van der Waals surface area contributed by atoms with Crippen LogP contribution in [0.3, 0.4) is 0 Å². The number of pyridine rings is 1. The Labute approximate surface area is 479 Å². The third kappa shape index (κ3) is 46.0. The summed E-state index contributed by atoms with van der Waals surface area (Å²) in [6.45, 7) is 9.25. The number of nitriles is 1. The molecular weight excluding hydrogens is 979 g/mol. The zero-order valence-electron chi connectivity index (χ0n) is 39.2. The van der Waals surface area contributed by atoms with Gasteiger partial charge in [0.25, 0.3) is 18.2 Å². The van der Waals surface area contributed by atoms with Crippen molar-refractivity contribution in [1.29, 1.82) is 5.26 Å². The van der Waals surface area contributed by atoms with Crippen molar-refractivity contribution in [2.45, 2.75) is 90.4 Å². The Bertz CT molecular complexity index is 1390. The van der Waals surface area contributed by atoms with Gasteiger partial charge in [-0.1, -0.05) is 12.1 Å². The molecular formula is C41H65F6K2N5O8S3. The fourth-order valence-corrected chi connectivity index (χ4v) is 9.06. The smallest absolute Gasteiger partial charge is 1.00 e. The van der Waals surface area contributed by atoms with E-state index in [0.29, 0.717) is 17.9 Å². The summed E-state index contributed by atoms with van der Waals surface area (Å²) in [7, 11) is 0. The Morgan fingerprint density at radius 3 is 1.89 bits per heavy atom. The van der Waals surface area contributed by atoms with Crippen molar-refractivity contribution in [2.75, 3.05) is 67.3 Å². The molecule has 5 fully saturated rings. The second kappa shape index (κ2) is 48.8. The Morgan fingerprint density at radius 1 is 0.985 bits per heavy atom. The van der Waals surface area contributed by atoms with Crippen LogP contribution in [0.4, 0.5) is 26.3 Å². The number of carboxylic acids is 1. The molecule has 6 heterocycles. The number of ketones is 1. The summed E-state index contributed by atoms with van der Waals surface area (Å²) in [4.78, 5) is 46.2. The number of hydrogen-bond donors (Lipinski definition) is 3. The molecule has 1 aromatic rings. The minimum Gasteiger partial charge on any atom is -1.00 e. The molecule has 5 aliphatic rings. The third-order valence-electron chi connectivity index (χ3n) is 8.36. The molecule has 5 N–H and O–H groups in total. The SMILES string of the molecule is C(=C\N1CCCC1)/C1CCSC1.C1CCNC1.CC#N.CC(=O)O.CCO/C=C/C(=O)C(F)(F)F.FC(F)(F)c1ccc(C2CCSC2)cn1.N.O=CCC1CCSC1.O=CO[O-].[H-].[K+].[K+]. The third-order valence-corrected chi connectivity index (χ3v) is 11.9. The van der Waals surface area contributed by atoms with E-state index in [1.165, 1.54) is 101 Å². The van der Waals surface area contributed by atoms with Gasteiger partial charge in [0.2, 0.25) is 0 Å². The molecule has 0 aromatic carbocycles. The summed E-state index contributed by atoms with van der Waals surface area (Å²) in [5.41, 5.74) is 0.116. The molecule has 0 bridgehead atoms. The number of likely N-dealkylation sites (tertiary alicyclic amines) is 1. The number of aldehydes is 1. The van der Waals surface area contributed by atoms with Gasteiger partial charge >= 0.3 is 115 Å². The molecule has 0 aliphatic carbocycles. The monoisotopic (exact) mass is 1040 g/mol. The number of alkyl halides is 6. The number of nitrogens with zero attached hydrogens (tertiary/aromatic N) is 3. The number of allylic oxidation sites excluding steroid dienone is 2. The molecule has 3 unspecified atom stereocenters. The number of halogens is 6. The molecule has 24 heteroatoms. The largest absolute Gasteiger partial charge is 1.00 e. The maximum Gasteiger partial charge on any atom is 1.00 e. The molecule has 1 aromatic heterocycles. The first kappa shape index (κ1) is 73.7. The minimum absolute atomic E-state index is 0. The van der Waals surface area contributed by atoms with E-state index in [0.717, 1.165) is 61.4 Å². The molecule has 0 radical (unpaired) electrons. The van der Waals surface area contributed by atoms with Crippen LogP contribution >= 0.6 is 35.3 Å². The van der Waals surface area contributed by atoms with Gasteiger partial charge in [0, 0.05) is 51.4 Å². The van der Waals surface area contributed by atoms with Crippen LogP contribution in [0.25, 0.3) is 0 Å². The second-order valence-electron chi connectivity index (χ2n) is 13.4. The molecule has 13 nitrogen and oxygen atoms in total. The number of aromatic nitrogens is 1. The van der Waals surface area contributed by atoms with Gasteiger partial charge in [-0.25, -0.2) is 0 Å². The number of thioether (sulfide) groups is 3.